The van der Waals surface area contributed by atoms with Gasteiger partial charge in [-0.2, -0.15) is 0 Å². The fraction of sp³-hybridized carbons (Fsp3) is 0.294. The Balaban J connectivity index is 1.97. The summed E-state index contributed by atoms with van der Waals surface area (Å²) in [4.78, 5) is 0. The Kier molecular flexibility index (Phi) is 2.94. The van der Waals surface area contributed by atoms with Crippen LogP contribution in [0.25, 0.3) is 0 Å². The number of hydrogen-bond acceptors (Lipinski definition) is 2. The predicted octanol–water partition coefficient (Wildman–Crippen LogP) is 4.24. The van der Waals surface area contributed by atoms with E-state index in [1.807, 2.05) is 0 Å². The van der Waals surface area contributed by atoms with Crippen molar-refractivity contribution in [2.45, 2.75) is 32.9 Å². The molecule has 2 unspecified atom stereocenters. The number of nitrogens with one attached hydrogen (secondary N) is 1. The summed E-state index contributed by atoms with van der Waals surface area (Å²) in [6.07, 6.45) is 0.0641. The summed E-state index contributed by atoms with van der Waals surface area (Å²) < 4.78 is 6.24. The third kappa shape index (κ3) is 2.19. The molecule has 1 aliphatic rings. The van der Waals surface area contributed by atoms with Crippen molar-refractivity contribution in [1.29, 1.82) is 0 Å². The van der Waals surface area contributed by atoms with E-state index in [2.05, 4.69) is 68.6 Å². The van der Waals surface area contributed by atoms with Crippen molar-refractivity contribution < 1.29 is 4.74 Å². The van der Waals surface area contributed by atoms with Crippen molar-refractivity contribution in [2.24, 2.45) is 0 Å². The number of ether oxygens (including phenoxy) is 1. The first-order valence-electron chi connectivity index (χ1n) is 6.74. The number of anilines is 1. The number of rotatable bonds is 1. The predicted molar refractivity (Wildman–Crippen MR) is 78.8 cm³/mol. The van der Waals surface area contributed by atoms with Gasteiger partial charge in [-0.1, -0.05) is 42.0 Å². The Labute approximate surface area is 114 Å². The number of benzene rings is 2. The van der Waals surface area contributed by atoms with Crippen LogP contribution in [-0.2, 0) is 0 Å². The van der Waals surface area contributed by atoms with Crippen molar-refractivity contribution in [3.63, 3.8) is 0 Å². The van der Waals surface area contributed by atoms with Crippen LogP contribution in [0.4, 0.5) is 5.69 Å². The first kappa shape index (κ1) is 12.1. The van der Waals surface area contributed by atoms with Crippen molar-refractivity contribution in [2.75, 3.05) is 5.32 Å². The lowest BCUT2D eigenvalue weighted by molar-refractivity contribution is 0.176. The van der Waals surface area contributed by atoms with E-state index in [0.717, 1.165) is 11.4 Å². The summed E-state index contributed by atoms with van der Waals surface area (Å²) in [5.41, 5.74) is 4.76. The molecule has 2 heteroatoms. The quantitative estimate of drug-likeness (QED) is 0.821. The summed E-state index contributed by atoms with van der Waals surface area (Å²) in [7, 11) is 0. The van der Waals surface area contributed by atoms with Gasteiger partial charge >= 0.3 is 0 Å². The van der Waals surface area contributed by atoms with Crippen LogP contribution in [0, 0.1) is 13.8 Å². The van der Waals surface area contributed by atoms with Crippen molar-refractivity contribution >= 4 is 5.69 Å². The zero-order valence-electron chi connectivity index (χ0n) is 11.6. The average Bonchev–Trinajstić information content (AvgIpc) is 2.40. The van der Waals surface area contributed by atoms with E-state index in [4.69, 9.17) is 4.74 Å². The molecule has 0 saturated heterocycles. The molecule has 0 saturated carbocycles. The van der Waals surface area contributed by atoms with Crippen LogP contribution in [0.15, 0.2) is 42.5 Å². The zero-order valence-corrected chi connectivity index (χ0v) is 11.6. The van der Waals surface area contributed by atoms with Crippen LogP contribution in [0.3, 0.4) is 0 Å². The van der Waals surface area contributed by atoms with Crippen LogP contribution < -0.4 is 10.1 Å². The molecule has 0 aromatic heterocycles. The maximum atomic E-state index is 6.24. The fourth-order valence-corrected chi connectivity index (χ4v) is 2.59. The number of para-hydroxylation sites is 1. The van der Waals surface area contributed by atoms with Crippen molar-refractivity contribution in [3.05, 3.63) is 59.2 Å². The number of hydrogen-bond donors (Lipinski definition) is 1. The topological polar surface area (TPSA) is 21.3 Å². The first-order chi connectivity index (χ1) is 9.15. The van der Waals surface area contributed by atoms with Crippen LogP contribution in [0.2, 0.25) is 0 Å². The van der Waals surface area contributed by atoms with Gasteiger partial charge in [0.15, 0.2) is 0 Å². The average molecular weight is 253 g/mol. The highest BCUT2D eigenvalue weighted by atomic mass is 16.5. The van der Waals surface area contributed by atoms with E-state index in [9.17, 15) is 0 Å². The van der Waals surface area contributed by atoms with Gasteiger partial charge in [0.05, 0.1) is 11.7 Å². The van der Waals surface area contributed by atoms with Crippen LogP contribution in [0.1, 0.15) is 29.7 Å². The molecule has 0 radical (unpaired) electrons. The smallest absolute Gasteiger partial charge is 0.146 e. The van der Waals surface area contributed by atoms with Gasteiger partial charge in [-0.3, -0.25) is 0 Å². The third-order valence-corrected chi connectivity index (χ3v) is 3.70. The summed E-state index contributed by atoms with van der Waals surface area (Å²) in [6, 6.07) is 15.1. The maximum Gasteiger partial charge on any atom is 0.146 e. The second kappa shape index (κ2) is 4.61. The molecule has 98 valence electrons. The molecule has 19 heavy (non-hydrogen) atoms. The molecule has 0 fully saturated rings. The molecule has 2 aromatic rings. The molecular formula is C17H19NO. The fourth-order valence-electron chi connectivity index (χ4n) is 2.59. The molecule has 2 nitrogen and oxygen atoms in total. The molecule has 0 aliphatic carbocycles. The molecule has 2 aromatic carbocycles. The van der Waals surface area contributed by atoms with Gasteiger partial charge in [-0.15, -0.1) is 0 Å². The molecule has 1 N–H and O–H groups in total. The Morgan fingerprint density at radius 2 is 1.74 bits per heavy atom. The Hall–Kier alpha value is -1.96. The molecule has 0 amide bonds. The Bertz CT molecular complexity index is 589. The highest BCUT2D eigenvalue weighted by Crippen LogP contribution is 2.39. The van der Waals surface area contributed by atoms with E-state index in [0.29, 0.717) is 0 Å². The zero-order chi connectivity index (χ0) is 13.4. The first-order valence-corrected chi connectivity index (χ1v) is 6.74. The standard InChI is InChI=1S/C17H19NO/c1-11-7-9-14(10-8-11)17-13(3)18-15-6-4-5-12(2)16(15)19-17/h4-10,13,17-18H,1-3H3. The summed E-state index contributed by atoms with van der Waals surface area (Å²) in [5, 5.41) is 3.54. The van der Waals surface area contributed by atoms with Gasteiger partial charge in [0, 0.05) is 0 Å². The molecule has 3 rings (SSSR count). The van der Waals surface area contributed by atoms with Gasteiger partial charge in [0.2, 0.25) is 0 Å². The maximum absolute atomic E-state index is 6.24. The van der Waals surface area contributed by atoms with Crippen LogP contribution in [0.5, 0.6) is 5.75 Å². The van der Waals surface area contributed by atoms with E-state index in [1.54, 1.807) is 0 Å². The minimum Gasteiger partial charge on any atom is -0.481 e. The van der Waals surface area contributed by atoms with Gasteiger partial charge in [0.25, 0.3) is 0 Å². The SMILES string of the molecule is Cc1ccc(C2Oc3c(C)cccc3NC2C)cc1. The van der Waals surface area contributed by atoms with E-state index >= 15 is 0 Å². The lowest BCUT2D eigenvalue weighted by Crippen LogP contribution is -2.32. The van der Waals surface area contributed by atoms with Gasteiger partial charge < -0.3 is 10.1 Å². The summed E-state index contributed by atoms with van der Waals surface area (Å²) in [5.74, 6) is 0.978. The molecular weight excluding hydrogens is 234 g/mol. The minimum atomic E-state index is 0.0641. The van der Waals surface area contributed by atoms with Gasteiger partial charge in [-0.05, 0) is 38.0 Å². The summed E-state index contributed by atoms with van der Waals surface area (Å²) >= 11 is 0. The third-order valence-electron chi connectivity index (χ3n) is 3.70. The number of aryl methyl sites for hydroxylation is 2. The van der Waals surface area contributed by atoms with Crippen LogP contribution >= 0.6 is 0 Å². The largest absolute Gasteiger partial charge is 0.481 e. The number of fused-ring (bicyclic) bond motifs is 1. The van der Waals surface area contributed by atoms with Gasteiger partial charge in [-0.25, -0.2) is 0 Å². The van der Waals surface area contributed by atoms with E-state index in [1.165, 1.54) is 16.7 Å². The second-order valence-corrected chi connectivity index (χ2v) is 5.33. The Morgan fingerprint density at radius 1 is 1.00 bits per heavy atom. The van der Waals surface area contributed by atoms with Gasteiger partial charge in [0.1, 0.15) is 11.9 Å². The van der Waals surface area contributed by atoms with E-state index in [-0.39, 0.29) is 12.1 Å². The summed E-state index contributed by atoms with van der Waals surface area (Å²) in [6.45, 7) is 6.35. The van der Waals surface area contributed by atoms with E-state index < -0.39 is 0 Å². The molecule has 0 spiro atoms. The molecule has 1 heterocycles. The van der Waals surface area contributed by atoms with Crippen molar-refractivity contribution in [1.82, 2.24) is 0 Å². The lowest BCUT2D eigenvalue weighted by atomic mass is 9.99. The monoisotopic (exact) mass is 253 g/mol. The lowest BCUT2D eigenvalue weighted by Gasteiger charge is -2.34. The molecule has 1 aliphatic heterocycles. The minimum absolute atomic E-state index is 0.0641. The Morgan fingerprint density at radius 3 is 2.47 bits per heavy atom. The second-order valence-electron chi connectivity index (χ2n) is 5.33. The highest BCUT2D eigenvalue weighted by Gasteiger charge is 2.28. The van der Waals surface area contributed by atoms with Crippen molar-refractivity contribution in [3.8, 4) is 5.75 Å². The highest BCUT2D eigenvalue weighted by molar-refractivity contribution is 5.62. The molecule has 2 atom stereocenters. The van der Waals surface area contributed by atoms with Crippen LogP contribution in [-0.4, -0.2) is 6.04 Å². The normalized spacial score (nSPS) is 21.2. The molecule has 0 bridgehead atoms.